The third kappa shape index (κ3) is 6.21. The summed E-state index contributed by atoms with van der Waals surface area (Å²) in [6.07, 6.45) is 1.76. The SMILES string of the molecule is Cc1ccc(C(NC(=O)C2CCCN(Cc3nc(-c4ccc(Cl)cc4Cl)no3)C2)c2ccccc2)cc1. The minimum atomic E-state index is -0.202. The summed E-state index contributed by atoms with van der Waals surface area (Å²) >= 11 is 12.3. The second kappa shape index (κ2) is 11.5. The van der Waals surface area contributed by atoms with Crippen molar-refractivity contribution in [3.05, 3.63) is 105 Å². The Labute approximate surface area is 226 Å². The summed E-state index contributed by atoms with van der Waals surface area (Å²) in [6.45, 7) is 4.03. The van der Waals surface area contributed by atoms with Gasteiger partial charge in [0.15, 0.2) is 0 Å². The lowest BCUT2D eigenvalue weighted by Gasteiger charge is -2.32. The highest BCUT2D eigenvalue weighted by Crippen LogP contribution is 2.29. The second-order valence-electron chi connectivity index (χ2n) is 9.47. The van der Waals surface area contributed by atoms with Crippen LogP contribution < -0.4 is 5.32 Å². The number of benzene rings is 3. The zero-order chi connectivity index (χ0) is 25.8. The van der Waals surface area contributed by atoms with Crippen LogP contribution in [0.2, 0.25) is 10.0 Å². The van der Waals surface area contributed by atoms with Crippen LogP contribution in [0.1, 0.15) is 41.5 Å². The monoisotopic (exact) mass is 534 g/mol. The molecule has 1 aromatic heterocycles. The van der Waals surface area contributed by atoms with E-state index >= 15 is 0 Å². The molecule has 1 saturated heterocycles. The van der Waals surface area contributed by atoms with E-state index in [2.05, 4.69) is 63.7 Å². The van der Waals surface area contributed by atoms with Crippen LogP contribution in [0.4, 0.5) is 0 Å². The Bertz CT molecular complexity index is 1360. The largest absolute Gasteiger partial charge is 0.345 e. The maximum Gasteiger partial charge on any atom is 0.241 e. The molecule has 3 aromatic carbocycles. The summed E-state index contributed by atoms with van der Waals surface area (Å²) in [5.41, 5.74) is 3.98. The number of halogens is 2. The van der Waals surface area contributed by atoms with Crippen molar-refractivity contribution in [1.29, 1.82) is 0 Å². The van der Waals surface area contributed by atoms with Crippen molar-refractivity contribution >= 4 is 29.1 Å². The Kier molecular flexibility index (Phi) is 7.89. The number of likely N-dealkylation sites (tertiary alicyclic amines) is 1. The number of carbonyl (C=O) groups excluding carboxylic acids is 1. The van der Waals surface area contributed by atoms with E-state index in [-0.39, 0.29) is 17.9 Å². The van der Waals surface area contributed by atoms with E-state index in [0.29, 0.717) is 40.4 Å². The summed E-state index contributed by atoms with van der Waals surface area (Å²) in [5.74, 6) is 0.840. The van der Waals surface area contributed by atoms with Gasteiger partial charge in [0.25, 0.3) is 0 Å². The van der Waals surface area contributed by atoms with Crippen molar-refractivity contribution in [2.24, 2.45) is 5.92 Å². The molecule has 0 spiro atoms. The Balaban J connectivity index is 1.26. The van der Waals surface area contributed by atoms with Crippen molar-refractivity contribution < 1.29 is 9.32 Å². The Morgan fingerprint density at radius 1 is 1.08 bits per heavy atom. The molecule has 8 heteroatoms. The molecule has 1 fully saturated rings. The molecule has 1 N–H and O–H groups in total. The first-order chi connectivity index (χ1) is 18.0. The quantitative estimate of drug-likeness (QED) is 0.294. The number of piperidine rings is 1. The fraction of sp³-hybridized carbons (Fsp3) is 0.276. The van der Waals surface area contributed by atoms with E-state index in [1.807, 2.05) is 18.2 Å². The Morgan fingerprint density at radius 2 is 1.84 bits per heavy atom. The summed E-state index contributed by atoms with van der Waals surface area (Å²) in [5, 5.41) is 8.42. The van der Waals surface area contributed by atoms with Crippen LogP contribution in [0.15, 0.2) is 77.3 Å². The normalized spacial score (nSPS) is 16.9. The number of nitrogens with one attached hydrogen (secondary N) is 1. The molecule has 37 heavy (non-hydrogen) atoms. The van der Waals surface area contributed by atoms with Gasteiger partial charge in [-0.15, -0.1) is 0 Å². The van der Waals surface area contributed by atoms with Gasteiger partial charge in [0.05, 0.1) is 23.5 Å². The second-order valence-corrected chi connectivity index (χ2v) is 10.3. The summed E-state index contributed by atoms with van der Waals surface area (Å²) in [7, 11) is 0. The molecule has 0 bridgehead atoms. The van der Waals surface area contributed by atoms with Crippen LogP contribution in [0, 0.1) is 12.8 Å². The number of hydrogen-bond acceptors (Lipinski definition) is 5. The average Bonchev–Trinajstić information content (AvgIpc) is 3.36. The molecule has 1 amide bonds. The molecule has 1 aliphatic rings. The number of carbonyl (C=O) groups is 1. The highest BCUT2D eigenvalue weighted by molar-refractivity contribution is 6.36. The van der Waals surface area contributed by atoms with Crippen LogP contribution in [0.5, 0.6) is 0 Å². The van der Waals surface area contributed by atoms with E-state index in [4.69, 9.17) is 27.7 Å². The third-order valence-corrected chi connectivity index (χ3v) is 7.25. The lowest BCUT2D eigenvalue weighted by atomic mass is 9.94. The molecule has 190 valence electrons. The van der Waals surface area contributed by atoms with Crippen molar-refractivity contribution in [3.63, 3.8) is 0 Å². The standard InChI is InChI=1S/C29H28Cl2N4O2/c1-19-9-11-21(12-10-19)27(20-6-3-2-4-7-20)33-29(36)22-8-5-15-35(17-22)18-26-32-28(34-37-26)24-14-13-23(30)16-25(24)31/h2-4,6-7,9-14,16,22,27H,5,8,15,17-18H2,1H3,(H,33,36). The number of amides is 1. The van der Waals surface area contributed by atoms with E-state index in [1.54, 1.807) is 18.2 Å². The first-order valence-corrected chi connectivity index (χ1v) is 13.1. The number of nitrogens with zero attached hydrogens (tertiary/aromatic N) is 3. The molecule has 5 rings (SSSR count). The molecule has 0 aliphatic carbocycles. The van der Waals surface area contributed by atoms with Crippen LogP contribution in [0.3, 0.4) is 0 Å². The van der Waals surface area contributed by atoms with Gasteiger partial charge in [-0.3, -0.25) is 9.69 Å². The summed E-state index contributed by atoms with van der Waals surface area (Å²) < 4.78 is 5.50. The van der Waals surface area contributed by atoms with Gasteiger partial charge in [0.2, 0.25) is 17.6 Å². The minimum absolute atomic E-state index is 0.0540. The molecule has 1 aliphatic heterocycles. The molecule has 2 heterocycles. The highest BCUT2D eigenvalue weighted by atomic mass is 35.5. The van der Waals surface area contributed by atoms with Gasteiger partial charge in [0, 0.05) is 17.1 Å². The predicted molar refractivity (Wildman–Crippen MR) is 145 cm³/mol. The van der Waals surface area contributed by atoms with Crippen LogP contribution in [-0.4, -0.2) is 34.0 Å². The van der Waals surface area contributed by atoms with Gasteiger partial charge in [-0.2, -0.15) is 4.98 Å². The number of aromatic nitrogens is 2. The summed E-state index contributed by atoms with van der Waals surface area (Å²) in [6, 6.07) is 23.4. The van der Waals surface area contributed by atoms with Gasteiger partial charge in [-0.05, 0) is 55.6 Å². The van der Waals surface area contributed by atoms with Gasteiger partial charge in [-0.1, -0.05) is 88.5 Å². The van der Waals surface area contributed by atoms with Crippen molar-refractivity contribution in [3.8, 4) is 11.4 Å². The molecule has 0 saturated carbocycles. The predicted octanol–water partition coefficient (Wildman–Crippen LogP) is 6.47. The van der Waals surface area contributed by atoms with Crippen molar-refractivity contribution in [1.82, 2.24) is 20.4 Å². The molecule has 4 aromatic rings. The molecule has 2 atom stereocenters. The van der Waals surface area contributed by atoms with Gasteiger partial charge in [0.1, 0.15) is 0 Å². The first kappa shape index (κ1) is 25.5. The third-order valence-electron chi connectivity index (χ3n) is 6.71. The van der Waals surface area contributed by atoms with Crippen molar-refractivity contribution in [2.45, 2.75) is 32.4 Å². The zero-order valence-corrected chi connectivity index (χ0v) is 22.0. The van der Waals surface area contributed by atoms with Gasteiger partial charge in [-0.25, -0.2) is 0 Å². The van der Waals surface area contributed by atoms with E-state index in [1.165, 1.54) is 5.56 Å². The number of aryl methyl sites for hydroxylation is 1. The Morgan fingerprint density at radius 3 is 2.59 bits per heavy atom. The van der Waals surface area contributed by atoms with Gasteiger partial charge < -0.3 is 9.84 Å². The highest BCUT2D eigenvalue weighted by Gasteiger charge is 2.29. The fourth-order valence-corrected chi connectivity index (χ4v) is 5.22. The fourth-order valence-electron chi connectivity index (χ4n) is 4.73. The van der Waals surface area contributed by atoms with Crippen LogP contribution in [-0.2, 0) is 11.3 Å². The lowest BCUT2D eigenvalue weighted by Crippen LogP contribution is -2.43. The molecular formula is C29H28Cl2N4O2. The Hall–Kier alpha value is -3.19. The van der Waals surface area contributed by atoms with E-state index in [0.717, 1.165) is 30.5 Å². The first-order valence-electron chi connectivity index (χ1n) is 12.4. The minimum Gasteiger partial charge on any atom is -0.345 e. The maximum atomic E-state index is 13.5. The van der Waals surface area contributed by atoms with Gasteiger partial charge >= 0.3 is 0 Å². The topological polar surface area (TPSA) is 71.3 Å². The average molecular weight is 535 g/mol. The van der Waals surface area contributed by atoms with E-state index < -0.39 is 0 Å². The van der Waals surface area contributed by atoms with Crippen molar-refractivity contribution in [2.75, 3.05) is 13.1 Å². The maximum absolute atomic E-state index is 13.5. The smallest absolute Gasteiger partial charge is 0.241 e. The molecular weight excluding hydrogens is 507 g/mol. The lowest BCUT2D eigenvalue weighted by molar-refractivity contribution is -0.127. The van der Waals surface area contributed by atoms with Crippen LogP contribution in [0.25, 0.3) is 11.4 Å². The van der Waals surface area contributed by atoms with E-state index in [9.17, 15) is 4.79 Å². The number of rotatable bonds is 7. The molecule has 6 nitrogen and oxygen atoms in total. The summed E-state index contributed by atoms with van der Waals surface area (Å²) in [4.78, 5) is 20.2. The molecule has 0 radical (unpaired) electrons. The van der Waals surface area contributed by atoms with Crippen LogP contribution >= 0.6 is 23.2 Å². The molecule has 2 unspecified atom stereocenters. The zero-order valence-electron chi connectivity index (χ0n) is 20.5. The number of hydrogen-bond donors (Lipinski definition) is 1.